The molecule has 0 heterocycles. The number of benzene rings is 1. The van der Waals surface area contributed by atoms with E-state index in [1.54, 1.807) is 12.1 Å². The van der Waals surface area contributed by atoms with E-state index < -0.39 is 0 Å². The molecule has 0 saturated heterocycles. The Morgan fingerprint density at radius 2 is 2.06 bits per heavy atom. The van der Waals surface area contributed by atoms with Crippen LogP contribution in [0.4, 0.5) is 5.69 Å². The molecule has 1 N–H and O–H groups in total. The van der Waals surface area contributed by atoms with Crippen LogP contribution in [0, 0.1) is 10.1 Å². The summed E-state index contributed by atoms with van der Waals surface area (Å²) in [5.74, 6) is 0.971. The molecule has 0 saturated carbocycles. The molecule has 1 rings (SSSR count). The SMILES string of the molecule is CC(CCO)SCCc1ccc([N+](=O)[O-])cc1. The fourth-order valence-corrected chi connectivity index (χ4v) is 2.46. The third kappa shape index (κ3) is 5.19. The van der Waals surface area contributed by atoms with Gasteiger partial charge in [-0.1, -0.05) is 19.1 Å². The number of nitro groups is 1. The van der Waals surface area contributed by atoms with Gasteiger partial charge in [-0.25, -0.2) is 0 Å². The summed E-state index contributed by atoms with van der Waals surface area (Å²) in [4.78, 5) is 10.1. The molecule has 0 fully saturated rings. The topological polar surface area (TPSA) is 63.4 Å². The van der Waals surface area contributed by atoms with Gasteiger partial charge < -0.3 is 5.11 Å². The number of rotatable bonds is 7. The van der Waals surface area contributed by atoms with Crippen molar-refractivity contribution in [3.63, 3.8) is 0 Å². The number of nitro benzene ring substituents is 1. The van der Waals surface area contributed by atoms with Crippen molar-refractivity contribution in [3.8, 4) is 0 Å². The van der Waals surface area contributed by atoms with Crippen LogP contribution in [0.3, 0.4) is 0 Å². The summed E-state index contributed by atoms with van der Waals surface area (Å²) in [5, 5.41) is 19.7. The minimum atomic E-state index is -0.387. The van der Waals surface area contributed by atoms with Gasteiger partial charge in [0.15, 0.2) is 0 Å². The van der Waals surface area contributed by atoms with Crippen LogP contribution in [-0.2, 0) is 6.42 Å². The quantitative estimate of drug-likeness (QED) is 0.601. The van der Waals surface area contributed by atoms with Gasteiger partial charge in [-0.3, -0.25) is 10.1 Å². The van der Waals surface area contributed by atoms with Gasteiger partial charge in [0.25, 0.3) is 5.69 Å². The molecule has 5 heteroatoms. The van der Waals surface area contributed by atoms with Crippen LogP contribution in [0.25, 0.3) is 0 Å². The Bertz CT molecular complexity index is 353. The van der Waals surface area contributed by atoms with Crippen molar-refractivity contribution in [1.82, 2.24) is 0 Å². The van der Waals surface area contributed by atoms with Crippen molar-refractivity contribution >= 4 is 17.4 Å². The first kappa shape index (κ1) is 14.0. The smallest absolute Gasteiger partial charge is 0.269 e. The minimum Gasteiger partial charge on any atom is -0.396 e. The van der Waals surface area contributed by atoms with E-state index in [2.05, 4.69) is 6.92 Å². The van der Waals surface area contributed by atoms with E-state index in [9.17, 15) is 10.1 Å². The lowest BCUT2D eigenvalue weighted by Crippen LogP contribution is -2.01. The molecular formula is C12H17NO3S. The van der Waals surface area contributed by atoms with Gasteiger partial charge >= 0.3 is 0 Å². The highest BCUT2D eigenvalue weighted by molar-refractivity contribution is 7.99. The Balaban J connectivity index is 2.34. The Hall–Kier alpha value is -1.07. The van der Waals surface area contributed by atoms with Crippen molar-refractivity contribution in [3.05, 3.63) is 39.9 Å². The molecule has 1 unspecified atom stereocenters. The lowest BCUT2D eigenvalue weighted by molar-refractivity contribution is -0.384. The zero-order valence-electron chi connectivity index (χ0n) is 9.83. The zero-order chi connectivity index (χ0) is 12.7. The Morgan fingerprint density at radius 1 is 1.41 bits per heavy atom. The third-order valence-corrected chi connectivity index (χ3v) is 3.72. The average molecular weight is 255 g/mol. The minimum absolute atomic E-state index is 0.134. The number of aliphatic hydroxyl groups excluding tert-OH is 1. The van der Waals surface area contributed by atoms with E-state index in [4.69, 9.17) is 5.11 Å². The maximum Gasteiger partial charge on any atom is 0.269 e. The summed E-state index contributed by atoms with van der Waals surface area (Å²) < 4.78 is 0. The second kappa shape index (κ2) is 7.29. The Labute approximate surface area is 105 Å². The Kier molecular flexibility index (Phi) is 6.00. The summed E-state index contributed by atoms with van der Waals surface area (Å²) in [6.45, 7) is 2.32. The highest BCUT2D eigenvalue weighted by atomic mass is 32.2. The molecule has 1 atom stereocenters. The average Bonchev–Trinajstić information content (AvgIpc) is 2.30. The van der Waals surface area contributed by atoms with Crippen molar-refractivity contribution in [2.75, 3.05) is 12.4 Å². The number of non-ortho nitro benzene ring substituents is 1. The molecular weight excluding hydrogens is 238 g/mol. The fraction of sp³-hybridized carbons (Fsp3) is 0.500. The molecule has 0 bridgehead atoms. The van der Waals surface area contributed by atoms with Crippen molar-refractivity contribution < 1.29 is 10.0 Å². The third-order valence-electron chi connectivity index (χ3n) is 2.48. The van der Waals surface area contributed by atoms with Crippen molar-refractivity contribution in [2.24, 2.45) is 0 Å². The van der Waals surface area contributed by atoms with E-state index >= 15 is 0 Å². The lowest BCUT2D eigenvalue weighted by atomic mass is 10.1. The van der Waals surface area contributed by atoms with Crippen molar-refractivity contribution in [2.45, 2.75) is 25.0 Å². The number of hydrogen-bond donors (Lipinski definition) is 1. The summed E-state index contributed by atoms with van der Waals surface area (Å²) in [5.41, 5.74) is 1.24. The predicted molar refractivity (Wildman–Crippen MR) is 70.4 cm³/mol. The fourth-order valence-electron chi connectivity index (χ4n) is 1.43. The molecule has 0 amide bonds. The normalized spacial score (nSPS) is 12.4. The van der Waals surface area contributed by atoms with E-state index in [1.165, 1.54) is 12.1 Å². The molecule has 94 valence electrons. The molecule has 1 aromatic carbocycles. The number of aryl methyl sites for hydroxylation is 1. The molecule has 0 aliphatic heterocycles. The number of hydrogen-bond acceptors (Lipinski definition) is 4. The molecule has 0 radical (unpaired) electrons. The second-order valence-electron chi connectivity index (χ2n) is 3.87. The molecule has 0 aromatic heterocycles. The highest BCUT2D eigenvalue weighted by Gasteiger charge is 2.05. The van der Waals surface area contributed by atoms with Crippen LogP contribution >= 0.6 is 11.8 Å². The number of thioether (sulfide) groups is 1. The van der Waals surface area contributed by atoms with Crippen LogP contribution < -0.4 is 0 Å². The molecule has 0 spiro atoms. The molecule has 1 aromatic rings. The van der Waals surface area contributed by atoms with Crippen LogP contribution in [-0.4, -0.2) is 27.6 Å². The van der Waals surface area contributed by atoms with Gasteiger partial charge in [0.2, 0.25) is 0 Å². The van der Waals surface area contributed by atoms with E-state index in [1.807, 2.05) is 11.8 Å². The van der Waals surface area contributed by atoms with Crippen LogP contribution in [0.15, 0.2) is 24.3 Å². The van der Waals surface area contributed by atoms with Crippen molar-refractivity contribution in [1.29, 1.82) is 0 Å². The van der Waals surface area contributed by atoms with Crippen LogP contribution in [0.5, 0.6) is 0 Å². The molecule has 0 aliphatic rings. The van der Waals surface area contributed by atoms with Gasteiger partial charge in [0.1, 0.15) is 0 Å². The maximum atomic E-state index is 10.5. The van der Waals surface area contributed by atoms with Gasteiger partial charge in [-0.15, -0.1) is 0 Å². The zero-order valence-corrected chi connectivity index (χ0v) is 10.7. The largest absolute Gasteiger partial charge is 0.396 e. The lowest BCUT2D eigenvalue weighted by Gasteiger charge is -2.08. The number of nitrogens with zero attached hydrogens (tertiary/aromatic N) is 1. The van der Waals surface area contributed by atoms with Gasteiger partial charge in [-0.05, 0) is 24.2 Å². The Morgan fingerprint density at radius 3 is 2.59 bits per heavy atom. The summed E-state index contributed by atoms with van der Waals surface area (Å²) >= 11 is 1.81. The first-order valence-electron chi connectivity index (χ1n) is 5.59. The first-order valence-corrected chi connectivity index (χ1v) is 6.64. The van der Waals surface area contributed by atoms with Gasteiger partial charge in [0, 0.05) is 24.0 Å². The van der Waals surface area contributed by atoms with Gasteiger partial charge in [0.05, 0.1) is 4.92 Å². The first-order chi connectivity index (χ1) is 8.13. The standard InChI is InChI=1S/C12H17NO3S/c1-10(6-8-14)17-9-7-11-2-4-12(5-3-11)13(15)16/h2-5,10,14H,6-9H2,1H3. The van der Waals surface area contributed by atoms with E-state index in [0.29, 0.717) is 5.25 Å². The summed E-state index contributed by atoms with van der Waals surface area (Å²) in [6, 6.07) is 6.68. The number of aliphatic hydroxyl groups is 1. The monoisotopic (exact) mass is 255 g/mol. The van der Waals surface area contributed by atoms with E-state index in [0.717, 1.165) is 24.2 Å². The van der Waals surface area contributed by atoms with E-state index in [-0.39, 0.29) is 17.2 Å². The van der Waals surface area contributed by atoms with Crippen LogP contribution in [0.2, 0.25) is 0 Å². The molecule has 4 nitrogen and oxygen atoms in total. The van der Waals surface area contributed by atoms with Crippen LogP contribution in [0.1, 0.15) is 18.9 Å². The second-order valence-corrected chi connectivity index (χ2v) is 5.41. The summed E-state index contributed by atoms with van der Waals surface area (Å²) in [6.07, 6.45) is 1.71. The molecule has 17 heavy (non-hydrogen) atoms. The summed E-state index contributed by atoms with van der Waals surface area (Å²) in [7, 11) is 0. The van der Waals surface area contributed by atoms with Gasteiger partial charge in [-0.2, -0.15) is 11.8 Å². The maximum absolute atomic E-state index is 10.5. The highest BCUT2D eigenvalue weighted by Crippen LogP contribution is 2.17. The molecule has 0 aliphatic carbocycles. The predicted octanol–water partition coefficient (Wildman–Crippen LogP) is 2.64.